The van der Waals surface area contributed by atoms with Crippen LogP contribution in [-0.2, 0) is 11.2 Å². The van der Waals surface area contributed by atoms with E-state index >= 15 is 0 Å². The smallest absolute Gasteiger partial charge is 0.227 e. The van der Waals surface area contributed by atoms with Gasteiger partial charge in [-0.25, -0.2) is 0 Å². The van der Waals surface area contributed by atoms with Gasteiger partial charge in [0, 0.05) is 30.8 Å². The second kappa shape index (κ2) is 6.14. The fourth-order valence-corrected chi connectivity index (χ4v) is 3.37. The Morgan fingerprint density at radius 2 is 2.13 bits per heavy atom. The van der Waals surface area contributed by atoms with Gasteiger partial charge >= 0.3 is 0 Å². The van der Waals surface area contributed by atoms with Gasteiger partial charge in [0.1, 0.15) is 0 Å². The first-order valence-corrected chi connectivity index (χ1v) is 8.07. The van der Waals surface area contributed by atoms with E-state index in [1.54, 1.807) is 6.92 Å². The summed E-state index contributed by atoms with van der Waals surface area (Å²) in [5.74, 6) is 1.45. The highest BCUT2D eigenvalue weighted by Gasteiger charge is 2.35. The summed E-state index contributed by atoms with van der Waals surface area (Å²) in [6.45, 7) is 8.51. The molecule has 7 heteroatoms. The van der Waals surface area contributed by atoms with Crippen molar-refractivity contribution in [2.24, 2.45) is 0 Å². The number of aryl methyl sites for hydroxylation is 3. The lowest BCUT2D eigenvalue weighted by Crippen LogP contribution is -2.46. The highest BCUT2D eigenvalue weighted by molar-refractivity contribution is 5.79. The first-order valence-electron chi connectivity index (χ1n) is 8.07. The van der Waals surface area contributed by atoms with Crippen molar-refractivity contribution in [3.63, 3.8) is 0 Å². The Morgan fingerprint density at radius 3 is 2.74 bits per heavy atom. The molecular weight excluding hydrogens is 294 g/mol. The van der Waals surface area contributed by atoms with Crippen LogP contribution in [0.25, 0.3) is 0 Å². The fourth-order valence-electron chi connectivity index (χ4n) is 3.37. The van der Waals surface area contributed by atoms with E-state index in [0.29, 0.717) is 18.2 Å². The van der Waals surface area contributed by atoms with Gasteiger partial charge < -0.3 is 9.32 Å². The molecule has 1 saturated heterocycles. The molecule has 2 aromatic rings. The van der Waals surface area contributed by atoms with Crippen molar-refractivity contribution < 1.29 is 9.21 Å². The van der Waals surface area contributed by atoms with Crippen LogP contribution >= 0.6 is 0 Å². The van der Waals surface area contributed by atoms with Gasteiger partial charge in [-0.2, -0.15) is 5.10 Å². The Labute approximate surface area is 135 Å². The quantitative estimate of drug-likeness (QED) is 0.936. The Balaban J connectivity index is 1.75. The summed E-state index contributed by atoms with van der Waals surface area (Å²) < 4.78 is 5.59. The lowest BCUT2D eigenvalue weighted by Gasteiger charge is -2.38. The number of hydrogen-bond donors (Lipinski definition) is 1. The van der Waals surface area contributed by atoms with Crippen molar-refractivity contribution in [1.29, 1.82) is 0 Å². The number of likely N-dealkylation sites (tertiary alicyclic amines) is 1. The van der Waals surface area contributed by atoms with Gasteiger partial charge in [-0.1, -0.05) is 0 Å². The van der Waals surface area contributed by atoms with Crippen LogP contribution in [0.5, 0.6) is 0 Å². The number of hydrogen-bond acceptors (Lipinski definition) is 5. The van der Waals surface area contributed by atoms with E-state index in [1.807, 2.05) is 18.7 Å². The van der Waals surface area contributed by atoms with E-state index in [1.165, 1.54) is 0 Å². The summed E-state index contributed by atoms with van der Waals surface area (Å²) in [5, 5.41) is 15.2. The standard InChI is InChI=1S/C16H23N5O2/c1-9-14(10(2)18-17-9)8-15(22)21-7-5-6-13(11(21)3)16-20-19-12(4)23-16/h11,13H,5-8H2,1-4H3,(H,17,18)/t11-,13-/m0/s1. The lowest BCUT2D eigenvalue weighted by atomic mass is 9.89. The predicted octanol–water partition coefficient (Wildman–Crippen LogP) is 2.06. The molecule has 0 aromatic carbocycles. The second-order valence-electron chi connectivity index (χ2n) is 6.33. The third-order valence-corrected chi connectivity index (χ3v) is 4.78. The average molecular weight is 317 g/mol. The number of aromatic nitrogens is 4. The van der Waals surface area contributed by atoms with Crippen molar-refractivity contribution in [3.8, 4) is 0 Å². The van der Waals surface area contributed by atoms with Gasteiger partial charge in [0.25, 0.3) is 0 Å². The van der Waals surface area contributed by atoms with Gasteiger partial charge in [0.05, 0.1) is 18.0 Å². The molecule has 1 aliphatic rings. The van der Waals surface area contributed by atoms with Crippen molar-refractivity contribution in [2.45, 2.75) is 58.9 Å². The number of nitrogens with one attached hydrogen (secondary N) is 1. The molecule has 124 valence electrons. The number of carbonyl (C=O) groups excluding carboxylic acids is 1. The molecule has 1 aliphatic heterocycles. The zero-order valence-electron chi connectivity index (χ0n) is 14.1. The van der Waals surface area contributed by atoms with Crippen molar-refractivity contribution in [2.75, 3.05) is 6.54 Å². The van der Waals surface area contributed by atoms with Crippen LogP contribution in [0.2, 0.25) is 0 Å². The molecule has 3 heterocycles. The van der Waals surface area contributed by atoms with E-state index in [0.717, 1.165) is 36.3 Å². The summed E-state index contributed by atoms with van der Waals surface area (Å²) in [6.07, 6.45) is 2.30. The monoisotopic (exact) mass is 317 g/mol. The molecule has 2 atom stereocenters. The van der Waals surface area contributed by atoms with Crippen LogP contribution < -0.4 is 0 Å². The minimum absolute atomic E-state index is 0.0589. The molecule has 1 fully saturated rings. The van der Waals surface area contributed by atoms with Gasteiger partial charge in [0.15, 0.2) is 0 Å². The van der Waals surface area contributed by atoms with E-state index < -0.39 is 0 Å². The third kappa shape index (κ3) is 3.00. The molecule has 1 amide bonds. The molecule has 0 aliphatic carbocycles. The number of piperidine rings is 1. The second-order valence-corrected chi connectivity index (χ2v) is 6.33. The Morgan fingerprint density at radius 1 is 1.35 bits per heavy atom. The van der Waals surface area contributed by atoms with Crippen LogP contribution in [0.4, 0.5) is 0 Å². The summed E-state index contributed by atoms with van der Waals surface area (Å²) in [7, 11) is 0. The molecule has 1 N–H and O–H groups in total. The summed E-state index contributed by atoms with van der Waals surface area (Å²) in [4.78, 5) is 14.7. The minimum atomic E-state index is 0.0589. The van der Waals surface area contributed by atoms with Gasteiger partial charge in [0.2, 0.25) is 17.7 Å². The predicted molar refractivity (Wildman–Crippen MR) is 84.0 cm³/mol. The Hall–Kier alpha value is -2.18. The summed E-state index contributed by atoms with van der Waals surface area (Å²) in [5.41, 5.74) is 2.85. The zero-order valence-corrected chi connectivity index (χ0v) is 14.1. The number of aromatic amines is 1. The molecule has 2 aromatic heterocycles. The fraction of sp³-hybridized carbons (Fsp3) is 0.625. The largest absolute Gasteiger partial charge is 0.425 e. The maximum Gasteiger partial charge on any atom is 0.227 e. The molecule has 3 rings (SSSR count). The molecule has 0 unspecified atom stereocenters. The Kier molecular flexibility index (Phi) is 4.19. The molecule has 0 saturated carbocycles. The van der Waals surface area contributed by atoms with Crippen molar-refractivity contribution in [1.82, 2.24) is 25.3 Å². The van der Waals surface area contributed by atoms with E-state index in [2.05, 4.69) is 27.3 Å². The van der Waals surface area contributed by atoms with Crippen LogP contribution in [0.3, 0.4) is 0 Å². The highest BCUT2D eigenvalue weighted by Crippen LogP contribution is 2.32. The van der Waals surface area contributed by atoms with Crippen LogP contribution in [0.1, 0.15) is 54.4 Å². The number of amides is 1. The van der Waals surface area contributed by atoms with Gasteiger partial charge in [-0.05, 0) is 33.6 Å². The number of carbonyl (C=O) groups is 1. The summed E-state index contributed by atoms with van der Waals surface area (Å²) >= 11 is 0. The van der Waals surface area contributed by atoms with E-state index in [9.17, 15) is 4.79 Å². The van der Waals surface area contributed by atoms with Crippen LogP contribution in [0.15, 0.2) is 4.42 Å². The maximum atomic E-state index is 12.8. The highest BCUT2D eigenvalue weighted by atomic mass is 16.4. The molecule has 7 nitrogen and oxygen atoms in total. The Bertz CT molecular complexity index is 686. The molecule has 23 heavy (non-hydrogen) atoms. The molecule has 0 bridgehead atoms. The topological polar surface area (TPSA) is 87.9 Å². The average Bonchev–Trinajstić information content (AvgIpc) is 3.08. The van der Waals surface area contributed by atoms with E-state index in [-0.39, 0.29) is 17.9 Å². The number of H-pyrrole nitrogens is 1. The molecule has 0 spiro atoms. The van der Waals surface area contributed by atoms with Crippen molar-refractivity contribution >= 4 is 5.91 Å². The zero-order chi connectivity index (χ0) is 16.6. The summed E-state index contributed by atoms with van der Waals surface area (Å²) in [6, 6.07) is 0.0589. The van der Waals surface area contributed by atoms with Gasteiger partial charge in [-0.15, -0.1) is 10.2 Å². The number of nitrogens with zero attached hydrogens (tertiary/aromatic N) is 4. The molecule has 0 radical (unpaired) electrons. The first-order chi connectivity index (χ1) is 11.0. The van der Waals surface area contributed by atoms with Crippen LogP contribution in [-0.4, -0.2) is 43.8 Å². The van der Waals surface area contributed by atoms with Crippen LogP contribution in [0, 0.1) is 20.8 Å². The lowest BCUT2D eigenvalue weighted by molar-refractivity contribution is -0.134. The first kappa shape index (κ1) is 15.7. The third-order valence-electron chi connectivity index (χ3n) is 4.78. The normalized spacial score (nSPS) is 21.7. The SMILES string of the molecule is Cc1nnc([C@H]2CCCN(C(=O)Cc3c(C)n[nH]c3C)[C@H]2C)o1. The van der Waals surface area contributed by atoms with E-state index in [4.69, 9.17) is 4.42 Å². The number of rotatable bonds is 3. The maximum absolute atomic E-state index is 12.8. The molecular formula is C16H23N5O2. The minimum Gasteiger partial charge on any atom is -0.425 e. The van der Waals surface area contributed by atoms with Gasteiger partial charge in [-0.3, -0.25) is 9.89 Å². The van der Waals surface area contributed by atoms with Crippen molar-refractivity contribution in [3.05, 3.63) is 28.7 Å².